The molecule has 0 spiro atoms. The highest BCUT2D eigenvalue weighted by atomic mass is 35.5. The van der Waals surface area contributed by atoms with E-state index in [1.165, 1.54) is 5.56 Å². The van der Waals surface area contributed by atoms with Gasteiger partial charge in [-0.05, 0) is 41.8 Å². The molecule has 1 aliphatic heterocycles. The number of hydrogen-bond acceptors (Lipinski definition) is 1. The summed E-state index contributed by atoms with van der Waals surface area (Å²) in [5, 5.41) is 0.696. The van der Waals surface area contributed by atoms with Crippen molar-refractivity contribution in [3.63, 3.8) is 0 Å². The fourth-order valence-electron chi connectivity index (χ4n) is 2.40. The van der Waals surface area contributed by atoms with Crippen LogP contribution >= 0.6 is 11.6 Å². The third-order valence-corrected chi connectivity index (χ3v) is 3.69. The summed E-state index contributed by atoms with van der Waals surface area (Å²) in [5.74, 6) is 0.0184. The molecule has 20 heavy (non-hydrogen) atoms. The molecule has 0 radical (unpaired) electrons. The largest absolute Gasteiger partial charge is 0.308 e. The third-order valence-electron chi connectivity index (χ3n) is 3.44. The first-order valence-electron chi connectivity index (χ1n) is 6.57. The monoisotopic (exact) mass is 283 g/mol. The number of carbonyl (C=O) groups excluding carboxylic acids is 1. The molecule has 0 saturated heterocycles. The van der Waals surface area contributed by atoms with Gasteiger partial charge >= 0.3 is 0 Å². The zero-order chi connectivity index (χ0) is 13.9. The zero-order valence-corrected chi connectivity index (χ0v) is 11.7. The van der Waals surface area contributed by atoms with Crippen LogP contribution < -0.4 is 4.90 Å². The molecule has 1 amide bonds. The Morgan fingerprint density at radius 2 is 1.85 bits per heavy atom. The second kappa shape index (κ2) is 5.51. The Morgan fingerprint density at radius 1 is 1.10 bits per heavy atom. The van der Waals surface area contributed by atoms with Crippen molar-refractivity contribution in [3.05, 3.63) is 70.8 Å². The number of hydrogen-bond donors (Lipinski definition) is 0. The Balaban J connectivity index is 1.76. The molecular formula is C17H14ClNO. The molecular weight excluding hydrogens is 270 g/mol. The first kappa shape index (κ1) is 12.9. The van der Waals surface area contributed by atoms with Gasteiger partial charge in [-0.2, -0.15) is 0 Å². The Morgan fingerprint density at radius 3 is 2.65 bits per heavy atom. The molecule has 0 bridgehead atoms. The van der Waals surface area contributed by atoms with E-state index in [0.29, 0.717) is 5.02 Å². The van der Waals surface area contributed by atoms with Gasteiger partial charge in [0.2, 0.25) is 0 Å². The van der Waals surface area contributed by atoms with Crippen LogP contribution in [0.5, 0.6) is 0 Å². The van der Waals surface area contributed by atoms with E-state index in [9.17, 15) is 4.79 Å². The molecule has 0 aliphatic carbocycles. The first-order chi connectivity index (χ1) is 9.74. The lowest BCUT2D eigenvalue weighted by molar-refractivity contribution is -0.114. The quantitative estimate of drug-likeness (QED) is 0.765. The van der Waals surface area contributed by atoms with Crippen molar-refractivity contribution in [3.8, 4) is 0 Å². The summed E-state index contributed by atoms with van der Waals surface area (Å²) in [5.41, 5.74) is 3.23. The van der Waals surface area contributed by atoms with Crippen molar-refractivity contribution in [2.24, 2.45) is 0 Å². The lowest BCUT2D eigenvalue weighted by Crippen LogP contribution is -2.26. The maximum atomic E-state index is 12.3. The van der Waals surface area contributed by atoms with Crippen molar-refractivity contribution in [1.29, 1.82) is 0 Å². The highest BCUT2D eigenvalue weighted by Gasteiger charge is 2.22. The normalized spacial score (nSPS) is 13.8. The van der Waals surface area contributed by atoms with Gasteiger partial charge in [0.15, 0.2) is 0 Å². The SMILES string of the molecule is O=C(/C=C/c1ccc(Cl)cc1)N1CCc2ccccc21. The van der Waals surface area contributed by atoms with E-state index >= 15 is 0 Å². The van der Waals surface area contributed by atoms with Crippen molar-refractivity contribution < 1.29 is 4.79 Å². The second-order valence-corrected chi connectivity index (χ2v) is 5.19. The first-order valence-corrected chi connectivity index (χ1v) is 6.95. The number of carbonyl (C=O) groups is 1. The molecule has 0 unspecified atom stereocenters. The van der Waals surface area contributed by atoms with Crippen molar-refractivity contribution >= 4 is 29.3 Å². The van der Waals surface area contributed by atoms with E-state index in [0.717, 1.165) is 24.2 Å². The Bertz CT molecular complexity index is 661. The molecule has 2 nitrogen and oxygen atoms in total. The molecule has 0 saturated carbocycles. The highest BCUT2D eigenvalue weighted by Crippen LogP contribution is 2.27. The molecule has 0 fully saturated rings. The summed E-state index contributed by atoms with van der Waals surface area (Å²) in [4.78, 5) is 14.1. The van der Waals surface area contributed by atoms with Gasteiger partial charge in [0.1, 0.15) is 0 Å². The van der Waals surface area contributed by atoms with Crippen LogP contribution in [0.1, 0.15) is 11.1 Å². The summed E-state index contributed by atoms with van der Waals surface area (Å²) in [6, 6.07) is 15.5. The number of fused-ring (bicyclic) bond motifs is 1. The number of benzene rings is 2. The van der Waals surface area contributed by atoms with Gasteiger partial charge in [-0.1, -0.05) is 41.9 Å². The van der Waals surface area contributed by atoms with Crippen LogP contribution in [0.3, 0.4) is 0 Å². The summed E-state index contributed by atoms with van der Waals surface area (Å²) in [7, 11) is 0. The second-order valence-electron chi connectivity index (χ2n) is 4.75. The number of rotatable bonds is 2. The fourth-order valence-corrected chi connectivity index (χ4v) is 2.52. The average molecular weight is 284 g/mol. The van der Waals surface area contributed by atoms with Gasteiger partial charge < -0.3 is 4.90 Å². The van der Waals surface area contributed by atoms with E-state index < -0.39 is 0 Å². The predicted octanol–water partition coefficient (Wildman–Crippen LogP) is 3.94. The molecule has 0 aromatic heterocycles. The standard InChI is InChI=1S/C17H14ClNO/c18-15-8-5-13(6-9-15)7-10-17(20)19-12-11-14-3-1-2-4-16(14)19/h1-10H,11-12H2/b10-7+. The van der Waals surface area contributed by atoms with Crippen molar-refractivity contribution in [2.45, 2.75) is 6.42 Å². The van der Waals surface area contributed by atoms with Gasteiger partial charge in [0.05, 0.1) is 0 Å². The van der Waals surface area contributed by atoms with E-state index in [1.54, 1.807) is 6.08 Å². The molecule has 100 valence electrons. The van der Waals surface area contributed by atoms with Crippen LogP contribution in [0, 0.1) is 0 Å². The smallest absolute Gasteiger partial charge is 0.251 e. The van der Waals surface area contributed by atoms with Gasteiger partial charge in [-0.15, -0.1) is 0 Å². The lowest BCUT2D eigenvalue weighted by atomic mass is 10.2. The Hall–Kier alpha value is -2.06. The van der Waals surface area contributed by atoms with Gasteiger partial charge in [-0.25, -0.2) is 0 Å². The molecule has 2 aromatic rings. The lowest BCUT2D eigenvalue weighted by Gasteiger charge is -2.14. The number of nitrogens with zero attached hydrogens (tertiary/aromatic N) is 1. The van der Waals surface area contributed by atoms with Crippen LogP contribution in [-0.4, -0.2) is 12.5 Å². The van der Waals surface area contributed by atoms with E-state index in [4.69, 9.17) is 11.6 Å². The number of halogens is 1. The summed E-state index contributed by atoms with van der Waals surface area (Å²) >= 11 is 5.83. The predicted molar refractivity (Wildman–Crippen MR) is 83.0 cm³/mol. The molecule has 2 aromatic carbocycles. The van der Waals surface area contributed by atoms with Crippen LogP contribution in [0.2, 0.25) is 5.02 Å². The molecule has 3 heteroatoms. The minimum atomic E-state index is 0.0184. The maximum Gasteiger partial charge on any atom is 0.251 e. The molecule has 0 N–H and O–H groups in total. The minimum Gasteiger partial charge on any atom is -0.308 e. The minimum absolute atomic E-state index is 0.0184. The number of anilines is 1. The van der Waals surface area contributed by atoms with Gasteiger partial charge in [-0.3, -0.25) is 4.79 Å². The molecule has 3 rings (SSSR count). The van der Waals surface area contributed by atoms with E-state index in [1.807, 2.05) is 53.4 Å². The summed E-state index contributed by atoms with van der Waals surface area (Å²) in [6.45, 7) is 0.753. The molecule has 0 atom stereocenters. The molecule has 1 heterocycles. The van der Waals surface area contributed by atoms with Crippen LogP contribution in [0.25, 0.3) is 6.08 Å². The number of para-hydroxylation sites is 1. The van der Waals surface area contributed by atoms with Crippen LogP contribution in [-0.2, 0) is 11.2 Å². The van der Waals surface area contributed by atoms with Crippen LogP contribution in [0.15, 0.2) is 54.6 Å². The Kier molecular flexibility index (Phi) is 3.57. The van der Waals surface area contributed by atoms with Crippen molar-refractivity contribution in [2.75, 3.05) is 11.4 Å². The van der Waals surface area contributed by atoms with Crippen LogP contribution in [0.4, 0.5) is 5.69 Å². The number of amides is 1. The fraction of sp³-hybridized carbons (Fsp3) is 0.118. The van der Waals surface area contributed by atoms with Crippen molar-refractivity contribution in [1.82, 2.24) is 0 Å². The van der Waals surface area contributed by atoms with E-state index in [2.05, 4.69) is 6.07 Å². The van der Waals surface area contributed by atoms with Gasteiger partial charge in [0, 0.05) is 23.3 Å². The zero-order valence-electron chi connectivity index (χ0n) is 10.9. The topological polar surface area (TPSA) is 20.3 Å². The average Bonchev–Trinajstić information content (AvgIpc) is 2.90. The molecule has 1 aliphatic rings. The highest BCUT2D eigenvalue weighted by molar-refractivity contribution is 6.30. The summed E-state index contributed by atoms with van der Waals surface area (Å²) in [6.07, 6.45) is 4.36. The Labute approximate surface area is 123 Å². The van der Waals surface area contributed by atoms with E-state index in [-0.39, 0.29) is 5.91 Å². The maximum absolute atomic E-state index is 12.3. The third kappa shape index (κ3) is 2.61. The van der Waals surface area contributed by atoms with Gasteiger partial charge in [0.25, 0.3) is 5.91 Å². The summed E-state index contributed by atoms with van der Waals surface area (Å²) < 4.78 is 0.